The van der Waals surface area contributed by atoms with Crippen molar-refractivity contribution in [2.45, 2.75) is 0 Å². The van der Waals surface area contributed by atoms with Crippen molar-refractivity contribution in [3.63, 3.8) is 0 Å². The van der Waals surface area contributed by atoms with Crippen LogP contribution in [-0.4, -0.2) is 10.9 Å². The Morgan fingerprint density at radius 1 is 1.12 bits per heavy atom. The number of ether oxygens (including phenoxy) is 1. The minimum absolute atomic E-state index is 0.341. The van der Waals surface area contributed by atoms with Gasteiger partial charge in [0, 0.05) is 12.3 Å². The molecule has 0 radical (unpaired) electrons. The van der Waals surface area contributed by atoms with Crippen molar-refractivity contribution in [3.05, 3.63) is 54.2 Å². The molecule has 0 saturated carbocycles. The van der Waals surface area contributed by atoms with E-state index in [0.717, 1.165) is 0 Å². The summed E-state index contributed by atoms with van der Waals surface area (Å²) in [5.74, 6) is 0.316. The lowest BCUT2D eigenvalue weighted by Gasteiger charge is -2.07. The molecule has 1 amide bonds. The van der Waals surface area contributed by atoms with Gasteiger partial charge in [-0.1, -0.05) is 18.2 Å². The molecular formula is C12H10N2O2. The van der Waals surface area contributed by atoms with Gasteiger partial charge in [0.25, 0.3) is 5.91 Å². The number of primary amides is 1. The molecule has 2 aromatic rings. The number of pyridine rings is 1. The van der Waals surface area contributed by atoms with Gasteiger partial charge in [-0.05, 0) is 18.2 Å². The molecule has 1 aromatic heterocycles. The lowest BCUT2D eigenvalue weighted by molar-refractivity contribution is 0.0998. The molecule has 4 heteroatoms. The van der Waals surface area contributed by atoms with Crippen LogP contribution in [0.1, 0.15) is 10.4 Å². The molecule has 0 fully saturated rings. The van der Waals surface area contributed by atoms with Crippen molar-refractivity contribution in [1.29, 1.82) is 0 Å². The number of amides is 1. The van der Waals surface area contributed by atoms with Crippen molar-refractivity contribution in [3.8, 4) is 11.6 Å². The van der Waals surface area contributed by atoms with E-state index in [0.29, 0.717) is 17.2 Å². The molecule has 1 aromatic carbocycles. The molecule has 0 unspecified atom stereocenters. The molecule has 0 atom stereocenters. The predicted molar refractivity (Wildman–Crippen MR) is 59.3 cm³/mol. The minimum atomic E-state index is -0.522. The molecule has 4 nitrogen and oxygen atoms in total. The van der Waals surface area contributed by atoms with Crippen LogP contribution in [0, 0.1) is 0 Å². The average molecular weight is 214 g/mol. The van der Waals surface area contributed by atoms with Gasteiger partial charge in [0.05, 0.1) is 5.56 Å². The highest BCUT2D eigenvalue weighted by Gasteiger charge is 2.08. The number of carbonyl (C=O) groups is 1. The van der Waals surface area contributed by atoms with E-state index < -0.39 is 5.91 Å². The summed E-state index contributed by atoms with van der Waals surface area (Å²) in [5, 5.41) is 0. The summed E-state index contributed by atoms with van der Waals surface area (Å²) < 4.78 is 5.46. The van der Waals surface area contributed by atoms with Crippen LogP contribution >= 0.6 is 0 Å². The third-order valence-corrected chi connectivity index (χ3v) is 2.00. The molecule has 1 heterocycles. The normalized spacial score (nSPS) is 9.75. The number of benzene rings is 1. The number of aromatic nitrogens is 1. The van der Waals surface area contributed by atoms with E-state index in [-0.39, 0.29) is 0 Å². The zero-order valence-corrected chi connectivity index (χ0v) is 8.46. The first-order valence-electron chi connectivity index (χ1n) is 4.75. The van der Waals surface area contributed by atoms with Crippen LogP contribution in [0.2, 0.25) is 0 Å². The number of nitrogens with two attached hydrogens (primary N) is 1. The third-order valence-electron chi connectivity index (χ3n) is 2.00. The summed E-state index contributed by atoms with van der Waals surface area (Å²) in [4.78, 5) is 15.1. The van der Waals surface area contributed by atoms with Crippen molar-refractivity contribution in [2.75, 3.05) is 0 Å². The Hall–Kier alpha value is -2.36. The van der Waals surface area contributed by atoms with Crippen LogP contribution in [-0.2, 0) is 0 Å². The molecule has 16 heavy (non-hydrogen) atoms. The zero-order chi connectivity index (χ0) is 11.4. The van der Waals surface area contributed by atoms with Gasteiger partial charge >= 0.3 is 0 Å². The fourth-order valence-corrected chi connectivity index (χ4v) is 1.28. The summed E-state index contributed by atoms with van der Waals surface area (Å²) >= 11 is 0. The fourth-order valence-electron chi connectivity index (χ4n) is 1.28. The minimum Gasteiger partial charge on any atom is -0.438 e. The van der Waals surface area contributed by atoms with Crippen LogP contribution in [0.5, 0.6) is 11.6 Å². The molecule has 0 bridgehead atoms. The fraction of sp³-hybridized carbons (Fsp3) is 0. The SMILES string of the molecule is NC(=O)c1ccccc1Oc1ccccn1. The second-order valence-electron chi connectivity index (χ2n) is 3.13. The Balaban J connectivity index is 2.31. The molecule has 2 rings (SSSR count). The summed E-state index contributed by atoms with van der Waals surface area (Å²) in [6, 6.07) is 12.1. The monoisotopic (exact) mass is 214 g/mol. The van der Waals surface area contributed by atoms with Crippen LogP contribution in [0.15, 0.2) is 48.7 Å². The van der Waals surface area contributed by atoms with E-state index in [4.69, 9.17) is 10.5 Å². The molecule has 0 aliphatic rings. The lowest BCUT2D eigenvalue weighted by atomic mass is 10.2. The second kappa shape index (κ2) is 4.44. The zero-order valence-electron chi connectivity index (χ0n) is 8.46. The number of hydrogen-bond donors (Lipinski definition) is 1. The van der Waals surface area contributed by atoms with E-state index in [2.05, 4.69) is 4.98 Å². The Labute approximate surface area is 92.7 Å². The smallest absolute Gasteiger partial charge is 0.252 e. The maximum atomic E-state index is 11.1. The first kappa shape index (κ1) is 10.2. The second-order valence-corrected chi connectivity index (χ2v) is 3.13. The Kier molecular flexibility index (Phi) is 2.82. The van der Waals surface area contributed by atoms with Crippen molar-refractivity contribution >= 4 is 5.91 Å². The van der Waals surface area contributed by atoms with Crippen LogP contribution < -0.4 is 10.5 Å². The Morgan fingerprint density at radius 2 is 1.88 bits per heavy atom. The Bertz CT molecular complexity index is 497. The maximum Gasteiger partial charge on any atom is 0.252 e. The van der Waals surface area contributed by atoms with Gasteiger partial charge in [-0.25, -0.2) is 4.98 Å². The van der Waals surface area contributed by atoms with E-state index in [9.17, 15) is 4.79 Å². The molecule has 0 aliphatic heterocycles. The first-order valence-corrected chi connectivity index (χ1v) is 4.75. The van der Waals surface area contributed by atoms with Gasteiger partial charge in [0.15, 0.2) is 0 Å². The molecule has 80 valence electrons. The Morgan fingerprint density at radius 3 is 2.56 bits per heavy atom. The van der Waals surface area contributed by atoms with Gasteiger partial charge in [0.1, 0.15) is 5.75 Å². The van der Waals surface area contributed by atoms with Gasteiger partial charge in [-0.15, -0.1) is 0 Å². The summed E-state index contributed by atoms with van der Waals surface area (Å²) in [6.45, 7) is 0. The topological polar surface area (TPSA) is 65.2 Å². The first-order chi connectivity index (χ1) is 7.77. The largest absolute Gasteiger partial charge is 0.438 e. The van der Waals surface area contributed by atoms with Gasteiger partial charge < -0.3 is 10.5 Å². The van der Waals surface area contributed by atoms with Crippen LogP contribution in [0.25, 0.3) is 0 Å². The summed E-state index contributed by atoms with van der Waals surface area (Å²) in [5.41, 5.74) is 5.57. The maximum absolute atomic E-state index is 11.1. The number of hydrogen-bond acceptors (Lipinski definition) is 3. The molecule has 0 aliphatic carbocycles. The van der Waals surface area contributed by atoms with E-state index >= 15 is 0 Å². The molecular weight excluding hydrogens is 204 g/mol. The van der Waals surface area contributed by atoms with Crippen LogP contribution in [0.4, 0.5) is 0 Å². The van der Waals surface area contributed by atoms with Gasteiger partial charge in [0.2, 0.25) is 5.88 Å². The highest BCUT2D eigenvalue weighted by Crippen LogP contribution is 2.22. The van der Waals surface area contributed by atoms with E-state index in [1.807, 2.05) is 0 Å². The van der Waals surface area contributed by atoms with E-state index in [1.54, 1.807) is 48.7 Å². The van der Waals surface area contributed by atoms with Crippen molar-refractivity contribution in [1.82, 2.24) is 4.98 Å². The van der Waals surface area contributed by atoms with Crippen molar-refractivity contribution in [2.24, 2.45) is 5.73 Å². The molecule has 0 spiro atoms. The van der Waals surface area contributed by atoms with E-state index in [1.165, 1.54) is 0 Å². The average Bonchev–Trinajstić information content (AvgIpc) is 2.31. The molecule has 0 saturated heterocycles. The summed E-state index contributed by atoms with van der Waals surface area (Å²) in [7, 11) is 0. The summed E-state index contributed by atoms with van der Waals surface area (Å²) in [6.07, 6.45) is 1.61. The number of para-hydroxylation sites is 1. The highest BCUT2D eigenvalue weighted by atomic mass is 16.5. The third kappa shape index (κ3) is 2.17. The van der Waals surface area contributed by atoms with Gasteiger partial charge in [-0.2, -0.15) is 0 Å². The number of rotatable bonds is 3. The quantitative estimate of drug-likeness (QED) is 0.849. The van der Waals surface area contributed by atoms with Crippen LogP contribution in [0.3, 0.4) is 0 Å². The van der Waals surface area contributed by atoms with Crippen molar-refractivity contribution < 1.29 is 9.53 Å². The lowest BCUT2D eigenvalue weighted by Crippen LogP contribution is -2.12. The predicted octanol–water partition coefficient (Wildman–Crippen LogP) is 1.97. The number of nitrogens with zero attached hydrogens (tertiary/aromatic N) is 1. The standard InChI is InChI=1S/C12H10N2O2/c13-12(15)9-5-1-2-6-10(9)16-11-7-3-4-8-14-11/h1-8H,(H2,13,15). The highest BCUT2D eigenvalue weighted by molar-refractivity contribution is 5.95. The van der Waals surface area contributed by atoms with Gasteiger partial charge in [-0.3, -0.25) is 4.79 Å². The number of carbonyl (C=O) groups excluding carboxylic acids is 1. The molecule has 2 N–H and O–H groups in total.